The maximum Gasteiger partial charge on any atom is 0.416 e. The second-order valence-electron chi connectivity index (χ2n) is 6.63. The van der Waals surface area contributed by atoms with Gasteiger partial charge in [-0.15, -0.1) is 0 Å². The molecule has 0 radical (unpaired) electrons. The van der Waals surface area contributed by atoms with Crippen LogP contribution in [-0.4, -0.2) is 16.8 Å². The number of carbonyl (C=O) groups is 2. The van der Waals surface area contributed by atoms with Crippen molar-refractivity contribution in [1.29, 1.82) is 0 Å². The van der Waals surface area contributed by atoms with Crippen LogP contribution in [0.5, 0.6) is 0 Å². The predicted octanol–water partition coefficient (Wildman–Crippen LogP) is 4.48. The Morgan fingerprint density at radius 1 is 1.18 bits per heavy atom. The van der Waals surface area contributed by atoms with E-state index in [1.54, 1.807) is 13.8 Å². The zero-order valence-electron chi connectivity index (χ0n) is 16.0. The summed E-state index contributed by atoms with van der Waals surface area (Å²) in [7, 11) is 0. The molecule has 1 aromatic heterocycles. The highest BCUT2D eigenvalue weighted by Crippen LogP contribution is 2.30. The third-order valence-corrected chi connectivity index (χ3v) is 4.07. The van der Waals surface area contributed by atoms with Gasteiger partial charge in [0.1, 0.15) is 11.8 Å². The minimum atomic E-state index is -4.45. The van der Waals surface area contributed by atoms with Gasteiger partial charge in [-0.05, 0) is 37.1 Å². The molecule has 0 saturated carbocycles. The Morgan fingerprint density at radius 3 is 2.29 bits per heavy atom. The number of benzene rings is 1. The van der Waals surface area contributed by atoms with Gasteiger partial charge >= 0.3 is 6.18 Å². The molecule has 1 heterocycles. The Labute approximate surface area is 160 Å². The number of alkyl halides is 3. The second-order valence-corrected chi connectivity index (χ2v) is 6.63. The molecule has 2 amide bonds. The fourth-order valence-corrected chi connectivity index (χ4v) is 2.48. The number of hydrogen-bond donors (Lipinski definition) is 2. The number of carbonyl (C=O) groups excluding carboxylic acids is 2. The highest BCUT2D eigenvalue weighted by molar-refractivity contribution is 6.03. The van der Waals surface area contributed by atoms with Crippen molar-refractivity contribution in [3.63, 3.8) is 0 Å². The number of nitrogens with one attached hydrogen (secondary N) is 2. The van der Waals surface area contributed by atoms with E-state index in [1.165, 1.54) is 0 Å². The van der Waals surface area contributed by atoms with Crippen molar-refractivity contribution in [2.24, 2.45) is 5.92 Å². The third kappa shape index (κ3) is 5.11. The fourth-order valence-electron chi connectivity index (χ4n) is 2.48. The zero-order chi connectivity index (χ0) is 21.1. The SMILES string of the molecule is CCC(=O)N[C@@H](c1nc(C(=O)Nc2ccc(C(F)(F)F)cc2)c(C)o1)C(C)C. The van der Waals surface area contributed by atoms with Gasteiger partial charge in [0.15, 0.2) is 5.69 Å². The van der Waals surface area contributed by atoms with Gasteiger partial charge in [-0.1, -0.05) is 20.8 Å². The van der Waals surface area contributed by atoms with Gasteiger partial charge in [-0.3, -0.25) is 9.59 Å². The number of hydrogen-bond acceptors (Lipinski definition) is 4. The van der Waals surface area contributed by atoms with E-state index in [1.807, 2.05) is 13.8 Å². The summed E-state index contributed by atoms with van der Waals surface area (Å²) < 4.78 is 43.4. The van der Waals surface area contributed by atoms with E-state index < -0.39 is 23.7 Å². The maximum atomic E-state index is 12.6. The first-order valence-electron chi connectivity index (χ1n) is 8.78. The smallest absolute Gasteiger partial charge is 0.416 e. The average molecular weight is 397 g/mol. The number of anilines is 1. The Morgan fingerprint density at radius 2 is 1.79 bits per heavy atom. The van der Waals surface area contributed by atoms with Crippen LogP contribution in [0.25, 0.3) is 0 Å². The van der Waals surface area contributed by atoms with E-state index in [0.29, 0.717) is 6.42 Å². The molecule has 152 valence electrons. The first kappa shape index (κ1) is 21.5. The predicted molar refractivity (Wildman–Crippen MR) is 96.6 cm³/mol. The quantitative estimate of drug-likeness (QED) is 0.753. The van der Waals surface area contributed by atoms with Gasteiger partial charge in [0.05, 0.1) is 5.56 Å². The van der Waals surface area contributed by atoms with Crippen molar-refractivity contribution in [2.45, 2.75) is 46.3 Å². The van der Waals surface area contributed by atoms with Crippen molar-refractivity contribution in [3.8, 4) is 0 Å². The topological polar surface area (TPSA) is 84.2 Å². The average Bonchev–Trinajstić information content (AvgIpc) is 3.00. The summed E-state index contributed by atoms with van der Waals surface area (Å²) in [5, 5.41) is 5.29. The van der Waals surface area contributed by atoms with Gasteiger partial charge in [-0.2, -0.15) is 13.2 Å². The van der Waals surface area contributed by atoms with E-state index >= 15 is 0 Å². The number of rotatable bonds is 6. The molecule has 1 atom stereocenters. The summed E-state index contributed by atoms with van der Waals surface area (Å²) in [6, 6.07) is 3.58. The van der Waals surface area contributed by atoms with Crippen LogP contribution in [0.1, 0.15) is 60.9 Å². The summed E-state index contributed by atoms with van der Waals surface area (Å²) in [5.74, 6) is -0.371. The van der Waals surface area contributed by atoms with Gasteiger partial charge in [-0.25, -0.2) is 4.98 Å². The number of aromatic nitrogens is 1. The lowest BCUT2D eigenvalue weighted by atomic mass is 10.0. The fraction of sp³-hybridized carbons (Fsp3) is 0.421. The molecule has 9 heteroatoms. The second kappa shape index (κ2) is 8.45. The van der Waals surface area contributed by atoms with Crippen LogP contribution in [0.2, 0.25) is 0 Å². The normalized spacial score (nSPS) is 12.7. The molecular formula is C19H22F3N3O3. The van der Waals surface area contributed by atoms with E-state index in [9.17, 15) is 22.8 Å². The molecule has 0 spiro atoms. The Hall–Kier alpha value is -2.84. The van der Waals surface area contributed by atoms with Crippen LogP contribution in [-0.2, 0) is 11.0 Å². The van der Waals surface area contributed by atoms with Crippen LogP contribution in [0, 0.1) is 12.8 Å². The summed E-state index contributed by atoms with van der Waals surface area (Å²) in [5.41, 5.74) is -0.607. The molecule has 28 heavy (non-hydrogen) atoms. The Bertz CT molecular complexity index is 842. The molecule has 0 saturated heterocycles. The maximum absolute atomic E-state index is 12.6. The van der Waals surface area contributed by atoms with Crippen LogP contribution in [0.15, 0.2) is 28.7 Å². The molecule has 1 aromatic carbocycles. The Kier molecular flexibility index (Phi) is 6.48. The van der Waals surface area contributed by atoms with E-state index in [-0.39, 0.29) is 34.9 Å². The van der Waals surface area contributed by atoms with Crippen LogP contribution >= 0.6 is 0 Å². The highest BCUT2D eigenvalue weighted by atomic mass is 19.4. The molecule has 0 aliphatic heterocycles. The number of aryl methyl sites for hydroxylation is 1. The standard InChI is InChI=1S/C19H22F3N3O3/c1-5-14(26)24-15(10(2)3)18-25-16(11(4)28-18)17(27)23-13-8-6-12(7-9-13)19(20,21)22/h6-10,15H,5H2,1-4H3,(H,23,27)(H,24,26)/t15-/m1/s1. The molecular weight excluding hydrogens is 375 g/mol. The third-order valence-electron chi connectivity index (χ3n) is 4.07. The van der Waals surface area contributed by atoms with E-state index in [0.717, 1.165) is 24.3 Å². The first-order valence-corrected chi connectivity index (χ1v) is 8.78. The largest absolute Gasteiger partial charge is 0.443 e. The van der Waals surface area contributed by atoms with Crippen LogP contribution in [0.3, 0.4) is 0 Å². The molecule has 0 fully saturated rings. The number of oxazole rings is 1. The first-order chi connectivity index (χ1) is 13.0. The van der Waals surface area contributed by atoms with Crippen molar-refractivity contribution < 1.29 is 27.2 Å². The highest BCUT2D eigenvalue weighted by Gasteiger charge is 2.30. The number of nitrogens with zero attached hydrogens (tertiary/aromatic N) is 1. The molecule has 0 bridgehead atoms. The lowest BCUT2D eigenvalue weighted by Gasteiger charge is -2.18. The van der Waals surface area contributed by atoms with E-state index in [2.05, 4.69) is 15.6 Å². The summed E-state index contributed by atoms with van der Waals surface area (Å²) in [6.45, 7) is 7.03. The van der Waals surface area contributed by atoms with Gasteiger partial charge in [0.25, 0.3) is 5.91 Å². The number of amides is 2. The summed E-state index contributed by atoms with van der Waals surface area (Å²) >= 11 is 0. The van der Waals surface area contributed by atoms with E-state index in [4.69, 9.17) is 4.42 Å². The molecule has 2 rings (SSSR count). The lowest BCUT2D eigenvalue weighted by molar-refractivity contribution is -0.137. The minimum Gasteiger partial charge on any atom is -0.443 e. The molecule has 6 nitrogen and oxygen atoms in total. The summed E-state index contributed by atoms with van der Waals surface area (Å²) in [4.78, 5) is 28.4. The molecule has 0 aliphatic carbocycles. The van der Waals surface area contributed by atoms with Crippen LogP contribution < -0.4 is 10.6 Å². The minimum absolute atomic E-state index is 0.00583. The Balaban J connectivity index is 2.19. The molecule has 0 aliphatic rings. The molecule has 2 N–H and O–H groups in total. The number of halogens is 3. The van der Waals surface area contributed by atoms with Crippen molar-refractivity contribution in [2.75, 3.05) is 5.32 Å². The van der Waals surface area contributed by atoms with Crippen molar-refractivity contribution in [3.05, 3.63) is 47.2 Å². The molecule has 2 aromatic rings. The van der Waals surface area contributed by atoms with Crippen molar-refractivity contribution >= 4 is 17.5 Å². The van der Waals surface area contributed by atoms with Crippen molar-refractivity contribution in [1.82, 2.24) is 10.3 Å². The zero-order valence-corrected chi connectivity index (χ0v) is 16.0. The van der Waals surface area contributed by atoms with Gasteiger partial charge < -0.3 is 15.1 Å². The van der Waals surface area contributed by atoms with Gasteiger partial charge in [0.2, 0.25) is 11.8 Å². The lowest BCUT2D eigenvalue weighted by Crippen LogP contribution is -2.31. The monoisotopic (exact) mass is 397 g/mol. The summed E-state index contributed by atoms with van der Waals surface area (Å²) in [6.07, 6.45) is -4.15. The van der Waals surface area contributed by atoms with Gasteiger partial charge in [0, 0.05) is 12.1 Å². The molecule has 0 unspecified atom stereocenters. The van der Waals surface area contributed by atoms with Crippen LogP contribution in [0.4, 0.5) is 18.9 Å².